The molecule has 1 N–H and O–H groups in total. The van der Waals surface area contributed by atoms with Gasteiger partial charge in [-0.15, -0.1) is 0 Å². The Balaban J connectivity index is 2.75. The monoisotopic (exact) mass is 220 g/mol. The zero-order valence-electron chi connectivity index (χ0n) is 9.56. The third-order valence-corrected chi connectivity index (χ3v) is 2.33. The average molecular weight is 220 g/mol. The minimum absolute atomic E-state index is 0.232. The van der Waals surface area contributed by atoms with Crippen LogP contribution in [-0.4, -0.2) is 24.3 Å². The van der Waals surface area contributed by atoms with Gasteiger partial charge in [-0.1, -0.05) is 11.6 Å². The molecule has 16 heavy (non-hydrogen) atoms. The standard InChI is InChI=1S/C12H16N2O2/c1-10-4-3-5-11(8-10)14(9-15)7-6-12(16)13-2/h5-9H,3-4H2,1-2H3,(H,13,16)/b7-6-. The van der Waals surface area contributed by atoms with E-state index in [0.29, 0.717) is 6.41 Å². The van der Waals surface area contributed by atoms with E-state index in [1.807, 2.05) is 19.1 Å². The molecule has 0 aliphatic heterocycles. The van der Waals surface area contributed by atoms with Crippen molar-refractivity contribution in [3.63, 3.8) is 0 Å². The Morgan fingerprint density at radius 1 is 1.56 bits per heavy atom. The Hall–Kier alpha value is -1.84. The first kappa shape index (κ1) is 12.2. The summed E-state index contributed by atoms with van der Waals surface area (Å²) in [5, 5.41) is 2.45. The molecule has 0 aromatic heterocycles. The number of rotatable bonds is 4. The molecule has 0 spiro atoms. The number of nitrogens with one attached hydrogen (secondary N) is 1. The lowest BCUT2D eigenvalue weighted by molar-refractivity contribution is -0.116. The van der Waals surface area contributed by atoms with Gasteiger partial charge in [0.05, 0.1) is 0 Å². The molecule has 1 rings (SSSR count). The lowest BCUT2D eigenvalue weighted by Crippen LogP contribution is -2.18. The van der Waals surface area contributed by atoms with Crippen LogP contribution in [0.3, 0.4) is 0 Å². The highest BCUT2D eigenvalue weighted by Gasteiger charge is 2.07. The molecule has 0 atom stereocenters. The number of nitrogens with zero attached hydrogens (tertiary/aromatic N) is 1. The van der Waals surface area contributed by atoms with Crippen molar-refractivity contribution in [2.24, 2.45) is 0 Å². The van der Waals surface area contributed by atoms with E-state index in [4.69, 9.17) is 0 Å². The molecule has 4 nitrogen and oxygen atoms in total. The third kappa shape index (κ3) is 3.38. The van der Waals surface area contributed by atoms with Crippen molar-refractivity contribution in [1.29, 1.82) is 0 Å². The van der Waals surface area contributed by atoms with Crippen LogP contribution in [0, 0.1) is 0 Å². The van der Waals surface area contributed by atoms with Crippen LogP contribution >= 0.6 is 0 Å². The Morgan fingerprint density at radius 2 is 2.31 bits per heavy atom. The number of hydrogen-bond acceptors (Lipinski definition) is 2. The van der Waals surface area contributed by atoms with Crippen LogP contribution in [0.1, 0.15) is 19.8 Å². The first-order valence-electron chi connectivity index (χ1n) is 5.18. The summed E-state index contributed by atoms with van der Waals surface area (Å²) >= 11 is 0. The first-order valence-corrected chi connectivity index (χ1v) is 5.18. The van der Waals surface area contributed by atoms with E-state index in [9.17, 15) is 9.59 Å². The molecule has 86 valence electrons. The SMILES string of the molecule is CNC(=O)/C=C\N(C=O)C1=CCCC(C)=C1. The van der Waals surface area contributed by atoms with E-state index < -0.39 is 0 Å². The van der Waals surface area contributed by atoms with Crippen molar-refractivity contribution >= 4 is 12.3 Å². The number of carbonyl (C=O) groups is 2. The van der Waals surface area contributed by atoms with Gasteiger partial charge in [0.15, 0.2) is 0 Å². The molecular formula is C12H16N2O2. The maximum atomic E-state index is 11.0. The molecule has 0 saturated heterocycles. The van der Waals surface area contributed by atoms with Crippen LogP contribution in [0.2, 0.25) is 0 Å². The summed E-state index contributed by atoms with van der Waals surface area (Å²) < 4.78 is 0. The normalized spacial score (nSPS) is 15.4. The van der Waals surface area contributed by atoms with Crippen LogP contribution in [0.4, 0.5) is 0 Å². The molecule has 2 amide bonds. The molecule has 0 aromatic carbocycles. The largest absolute Gasteiger partial charge is 0.356 e. The van der Waals surface area contributed by atoms with E-state index in [1.165, 1.54) is 22.7 Å². The minimum atomic E-state index is -0.232. The van der Waals surface area contributed by atoms with E-state index in [-0.39, 0.29) is 5.91 Å². The fourth-order valence-electron chi connectivity index (χ4n) is 1.42. The van der Waals surface area contributed by atoms with Gasteiger partial charge in [-0.05, 0) is 25.8 Å². The first-order chi connectivity index (χ1) is 7.67. The number of amides is 2. The van der Waals surface area contributed by atoms with E-state index in [2.05, 4.69) is 5.32 Å². The predicted octanol–water partition coefficient (Wildman–Crippen LogP) is 1.33. The Labute approximate surface area is 95.3 Å². The van der Waals surface area contributed by atoms with Crippen LogP contribution < -0.4 is 5.32 Å². The molecular weight excluding hydrogens is 204 g/mol. The summed E-state index contributed by atoms with van der Waals surface area (Å²) in [6, 6.07) is 0. The van der Waals surface area contributed by atoms with Crippen molar-refractivity contribution in [2.45, 2.75) is 19.8 Å². The summed E-state index contributed by atoms with van der Waals surface area (Å²) in [5.41, 5.74) is 2.05. The number of hydrogen-bond donors (Lipinski definition) is 1. The van der Waals surface area contributed by atoms with Crippen LogP contribution in [-0.2, 0) is 9.59 Å². The van der Waals surface area contributed by atoms with Gasteiger partial charge in [-0.2, -0.15) is 0 Å². The quantitative estimate of drug-likeness (QED) is 0.574. The van der Waals surface area contributed by atoms with Gasteiger partial charge >= 0.3 is 0 Å². The van der Waals surface area contributed by atoms with Gasteiger partial charge in [-0.25, -0.2) is 0 Å². The van der Waals surface area contributed by atoms with E-state index in [0.717, 1.165) is 18.5 Å². The summed E-state index contributed by atoms with van der Waals surface area (Å²) in [7, 11) is 1.54. The van der Waals surface area contributed by atoms with Crippen molar-refractivity contribution in [1.82, 2.24) is 10.2 Å². The molecule has 0 saturated carbocycles. The predicted molar refractivity (Wildman–Crippen MR) is 62.2 cm³/mol. The highest BCUT2D eigenvalue weighted by molar-refractivity contribution is 5.87. The van der Waals surface area contributed by atoms with Gasteiger partial charge in [-0.3, -0.25) is 14.5 Å². The second-order valence-electron chi connectivity index (χ2n) is 3.60. The van der Waals surface area contributed by atoms with Crippen LogP contribution in [0.25, 0.3) is 0 Å². The Morgan fingerprint density at radius 3 is 2.88 bits per heavy atom. The van der Waals surface area contributed by atoms with Gasteiger partial charge in [0.25, 0.3) is 0 Å². The van der Waals surface area contributed by atoms with Crippen molar-refractivity contribution in [3.8, 4) is 0 Å². The zero-order chi connectivity index (χ0) is 12.0. The Kier molecular flexibility index (Phi) is 4.51. The summed E-state index contributed by atoms with van der Waals surface area (Å²) in [5.74, 6) is -0.232. The van der Waals surface area contributed by atoms with Gasteiger partial charge < -0.3 is 5.32 Å². The number of allylic oxidation sites excluding steroid dienone is 3. The fourth-order valence-corrected chi connectivity index (χ4v) is 1.42. The van der Waals surface area contributed by atoms with Gasteiger partial charge in [0.2, 0.25) is 12.3 Å². The molecule has 0 aromatic rings. The lowest BCUT2D eigenvalue weighted by atomic mass is 10.0. The highest BCUT2D eigenvalue weighted by Crippen LogP contribution is 2.18. The smallest absolute Gasteiger partial charge is 0.245 e. The van der Waals surface area contributed by atoms with Crippen LogP contribution in [0.15, 0.2) is 35.7 Å². The summed E-state index contributed by atoms with van der Waals surface area (Å²) in [6.45, 7) is 2.03. The van der Waals surface area contributed by atoms with Crippen molar-refractivity contribution < 1.29 is 9.59 Å². The topological polar surface area (TPSA) is 49.4 Å². The van der Waals surface area contributed by atoms with Gasteiger partial charge in [0, 0.05) is 25.0 Å². The second-order valence-corrected chi connectivity index (χ2v) is 3.60. The highest BCUT2D eigenvalue weighted by atomic mass is 16.1. The maximum absolute atomic E-state index is 11.0. The minimum Gasteiger partial charge on any atom is -0.356 e. The maximum Gasteiger partial charge on any atom is 0.245 e. The third-order valence-electron chi connectivity index (χ3n) is 2.33. The summed E-state index contributed by atoms with van der Waals surface area (Å²) in [4.78, 5) is 23.3. The molecule has 1 aliphatic rings. The lowest BCUT2D eigenvalue weighted by Gasteiger charge is -2.17. The zero-order valence-corrected chi connectivity index (χ0v) is 9.56. The molecule has 0 unspecified atom stereocenters. The number of carbonyl (C=O) groups excluding carboxylic acids is 2. The molecule has 1 aliphatic carbocycles. The van der Waals surface area contributed by atoms with E-state index in [1.54, 1.807) is 7.05 Å². The number of likely N-dealkylation sites (N-methyl/N-ethyl adjacent to an activating group) is 1. The fraction of sp³-hybridized carbons (Fsp3) is 0.333. The van der Waals surface area contributed by atoms with Gasteiger partial charge in [0.1, 0.15) is 0 Å². The van der Waals surface area contributed by atoms with E-state index >= 15 is 0 Å². The average Bonchev–Trinajstić information content (AvgIpc) is 2.29. The van der Waals surface area contributed by atoms with Crippen molar-refractivity contribution in [3.05, 3.63) is 35.7 Å². The Bertz CT molecular complexity index is 367. The molecule has 0 radical (unpaired) electrons. The van der Waals surface area contributed by atoms with Crippen molar-refractivity contribution in [2.75, 3.05) is 7.05 Å². The molecule has 0 fully saturated rings. The second kappa shape index (κ2) is 5.90. The molecule has 4 heteroatoms. The van der Waals surface area contributed by atoms with Crippen LogP contribution in [0.5, 0.6) is 0 Å². The molecule has 0 bridgehead atoms. The summed E-state index contributed by atoms with van der Waals surface area (Å²) in [6.07, 6.45) is 9.37. The molecule has 0 heterocycles.